The molecule has 124 valence electrons. The van der Waals surface area contributed by atoms with Crippen molar-refractivity contribution in [3.8, 4) is 5.75 Å². The Balaban J connectivity index is 1.87. The standard InChI is InChI=1S/C16H18O6S/c1-2-8-5-11(17)10-4-3-9(6-13(10)21-8)22-16-15(20)14(19)12(18)7-23-16/h3-6,12,14-16,18-20H,2,7H2,1H3/t12-,14+,15-,16+/m1/s1. The first-order valence-electron chi connectivity index (χ1n) is 7.39. The van der Waals surface area contributed by atoms with Gasteiger partial charge in [0.1, 0.15) is 29.3 Å². The summed E-state index contributed by atoms with van der Waals surface area (Å²) in [7, 11) is 0. The van der Waals surface area contributed by atoms with Crippen molar-refractivity contribution >= 4 is 22.7 Å². The average molecular weight is 338 g/mol. The molecule has 3 rings (SSSR count). The SMILES string of the molecule is CCc1cc(=O)c2ccc(O[C@H]3SC[C@@H](O)[C@H](O)[C@H]3O)cc2o1. The predicted molar refractivity (Wildman–Crippen MR) is 86.8 cm³/mol. The summed E-state index contributed by atoms with van der Waals surface area (Å²) in [6, 6.07) is 6.30. The number of rotatable bonds is 3. The molecule has 3 N–H and O–H groups in total. The van der Waals surface area contributed by atoms with E-state index in [1.165, 1.54) is 17.8 Å². The lowest BCUT2D eigenvalue weighted by Gasteiger charge is -2.34. The van der Waals surface area contributed by atoms with E-state index in [0.29, 0.717) is 28.9 Å². The van der Waals surface area contributed by atoms with Crippen LogP contribution in [-0.4, -0.2) is 44.8 Å². The quantitative estimate of drug-likeness (QED) is 0.764. The molecular formula is C16H18O6S. The molecule has 0 bridgehead atoms. The molecule has 1 aromatic carbocycles. The number of hydrogen-bond acceptors (Lipinski definition) is 7. The molecule has 0 unspecified atom stereocenters. The fourth-order valence-electron chi connectivity index (χ4n) is 2.45. The van der Waals surface area contributed by atoms with E-state index < -0.39 is 23.7 Å². The Morgan fingerprint density at radius 1 is 1.26 bits per heavy atom. The van der Waals surface area contributed by atoms with Gasteiger partial charge >= 0.3 is 0 Å². The highest BCUT2D eigenvalue weighted by Gasteiger charge is 2.38. The van der Waals surface area contributed by atoms with Gasteiger partial charge in [0.2, 0.25) is 0 Å². The van der Waals surface area contributed by atoms with Crippen LogP contribution in [0.15, 0.2) is 33.5 Å². The summed E-state index contributed by atoms with van der Waals surface area (Å²) in [6.07, 6.45) is -2.81. The third kappa shape index (κ3) is 3.23. The Morgan fingerprint density at radius 3 is 2.78 bits per heavy atom. The number of aryl methyl sites for hydroxylation is 1. The molecule has 4 atom stereocenters. The fourth-order valence-corrected chi connectivity index (χ4v) is 3.57. The summed E-state index contributed by atoms with van der Waals surface area (Å²) in [5.41, 5.74) is -0.394. The zero-order valence-corrected chi connectivity index (χ0v) is 13.3. The second-order valence-electron chi connectivity index (χ2n) is 5.46. The first kappa shape index (κ1) is 16.3. The number of ether oxygens (including phenoxy) is 1. The minimum absolute atomic E-state index is 0.111. The summed E-state index contributed by atoms with van der Waals surface area (Å²) in [5, 5.41) is 29.7. The molecule has 0 amide bonds. The largest absolute Gasteiger partial charge is 0.477 e. The summed E-state index contributed by atoms with van der Waals surface area (Å²) < 4.78 is 11.3. The van der Waals surface area contributed by atoms with Gasteiger partial charge in [0, 0.05) is 24.3 Å². The van der Waals surface area contributed by atoms with Crippen LogP contribution in [0.1, 0.15) is 12.7 Å². The maximum absolute atomic E-state index is 12.0. The van der Waals surface area contributed by atoms with Crippen molar-refractivity contribution in [3.05, 3.63) is 40.2 Å². The molecule has 1 aliphatic rings. The lowest BCUT2D eigenvalue weighted by atomic mass is 10.1. The van der Waals surface area contributed by atoms with Gasteiger partial charge in [-0.25, -0.2) is 0 Å². The molecule has 7 heteroatoms. The van der Waals surface area contributed by atoms with Crippen LogP contribution in [0, 0.1) is 0 Å². The van der Waals surface area contributed by atoms with Gasteiger partial charge in [-0.2, -0.15) is 0 Å². The Kier molecular flexibility index (Phi) is 4.63. The molecule has 1 aromatic heterocycles. The number of benzene rings is 1. The van der Waals surface area contributed by atoms with E-state index in [2.05, 4.69) is 0 Å². The smallest absolute Gasteiger partial charge is 0.192 e. The Labute approximate surface area is 136 Å². The zero-order chi connectivity index (χ0) is 16.6. The number of aliphatic hydroxyl groups excluding tert-OH is 3. The Hall–Kier alpha value is -1.54. The zero-order valence-electron chi connectivity index (χ0n) is 12.5. The van der Waals surface area contributed by atoms with Crippen LogP contribution in [0.2, 0.25) is 0 Å². The molecular weight excluding hydrogens is 320 g/mol. The van der Waals surface area contributed by atoms with Crippen LogP contribution in [-0.2, 0) is 6.42 Å². The number of fused-ring (bicyclic) bond motifs is 1. The van der Waals surface area contributed by atoms with Crippen LogP contribution < -0.4 is 10.2 Å². The molecule has 0 radical (unpaired) electrons. The molecule has 0 spiro atoms. The third-order valence-corrected chi connectivity index (χ3v) is 5.04. The third-order valence-electron chi connectivity index (χ3n) is 3.81. The summed E-state index contributed by atoms with van der Waals surface area (Å²) in [6.45, 7) is 1.90. The number of hydrogen-bond donors (Lipinski definition) is 3. The van der Waals surface area contributed by atoms with Gasteiger partial charge < -0.3 is 24.5 Å². The van der Waals surface area contributed by atoms with E-state index in [9.17, 15) is 20.1 Å². The van der Waals surface area contributed by atoms with E-state index >= 15 is 0 Å². The van der Waals surface area contributed by atoms with Crippen LogP contribution >= 0.6 is 11.8 Å². The van der Waals surface area contributed by atoms with Crippen molar-refractivity contribution in [2.45, 2.75) is 37.1 Å². The molecule has 2 heterocycles. The van der Waals surface area contributed by atoms with E-state index in [1.807, 2.05) is 6.92 Å². The topological polar surface area (TPSA) is 100 Å². The lowest BCUT2D eigenvalue weighted by molar-refractivity contribution is -0.0786. The van der Waals surface area contributed by atoms with Gasteiger partial charge in [0.15, 0.2) is 10.9 Å². The monoisotopic (exact) mass is 338 g/mol. The molecule has 2 aromatic rings. The number of thioether (sulfide) groups is 1. The van der Waals surface area contributed by atoms with E-state index in [4.69, 9.17) is 9.15 Å². The highest BCUT2D eigenvalue weighted by molar-refractivity contribution is 7.99. The fraction of sp³-hybridized carbons (Fsp3) is 0.438. The van der Waals surface area contributed by atoms with Crippen LogP contribution in [0.3, 0.4) is 0 Å². The lowest BCUT2D eigenvalue weighted by Crippen LogP contribution is -2.50. The van der Waals surface area contributed by atoms with Crippen LogP contribution in [0.4, 0.5) is 0 Å². The second-order valence-corrected chi connectivity index (χ2v) is 6.59. The summed E-state index contributed by atoms with van der Waals surface area (Å²) in [4.78, 5) is 12.0. The van der Waals surface area contributed by atoms with E-state index in [1.54, 1.807) is 18.2 Å². The van der Waals surface area contributed by atoms with Crippen molar-refractivity contribution in [1.82, 2.24) is 0 Å². The molecule has 1 aliphatic heterocycles. The predicted octanol–water partition coefficient (Wildman–Crippen LogP) is 0.890. The maximum Gasteiger partial charge on any atom is 0.192 e. The van der Waals surface area contributed by atoms with E-state index in [-0.39, 0.29) is 11.2 Å². The minimum atomic E-state index is -1.24. The van der Waals surface area contributed by atoms with Crippen molar-refractivity contribution in [2.75, 3.05) is 5.75 Å². The van der Waals surface area contributed by atoms with Crippen molar-refractivity contribution in [2.24, 2.45) is 0 Å². The van der Waals surface area contributed by atoms with Gasteiger partial charge in [-0.05, 0) is 12.1 Å². The molecule has 6 nitrogen and oxygen atoms in total. The highest BCUT2D eigenvalue weighted by Crippen LogP contribution is 2.30. The molecule has 1 fully saturated rings. The maximum atomic E-state index is 12.0. The molecule has 1 saturated heterocycles. The van der Waals surface area contributed by atoms with Crippen molar-refractivity contribution in [3.63, 3.8) is 0 Å². The van der Waals surface area contributed by atoms with Gasteiger partial charge in [-0.1, -0.05) is 6.92 Å². The summed E-state index contributed by atoms with van der Waals surface area (Å²) >= 11 is 1.22. The van der Waals surface area contributed by atoms with Crippen molar-refractivity contribution in [1.29, 1.82) is 0 Å². The number of aliphatic hydroxyl groups is 3. The average Bonchev–Trinajstić information content (AvgIpc) is 2.55. The minimum Gasteiger partial charge on any atom is -0.477 e. The van der Waals surface area contributed by atoms with Crippen molar-refractivity contribution < 1.29 is 24.5 Å². The first-order valence-corrected chi connectivity index (χ1v) is 8.43. The second kappa shape index (κ2) is 6.52. The molecule has 0 aliphatic carbocycles. The molecule has 23 heavy (non-hydrogen) atoms. The highest BCUT2D eigenvalue weighted by atomic mass is 32.2. The van der Waals surface area contributed by atoms with Gasteiger partial charge in [0.25, 0.3) is 0 Å². The van der Waals surface area contributed by atoms with Gasteiger partial charge in [-0.15, -0.1) is 11.8 Å². The Bertz CT molecular complexity index is 758. The van der Waals surface area contributed by atoms with Crippen LogP contribution in [0.25, 0.3) is 11.0 Å². The normalized spacial score (nSPS) is 28.0. The van der Waals surface area contributed by atoms with Gasteiger partial charge in [0.05, 0.1) is 11.5 Å². The van der Waals surface area contributed by atoms with Gasteiger partial charge in [-0.3, -0.25) is 4.79 Å². The molecule has 0 saturated carbocycles. The van der Waals surface area contributed by atoms with Crippen LogP contribution in [0.5, 0.6) is 5.75 Å². The first-order chi connectivity index (χ1) is 11.0. The summed E-state index contributed by atoms with van der Waals surface area (Å²) in [5.74, 6) is 1.28. The Morgan fingerprint density at radius 2 is 2.04 bits per heavy atom. The van der Waals surface area contributed by atoms with E-state index in [0.717, 1.165) is 0 Å².